The van der Waals surface area contributed by atoms with E-state index in [-0.39, 0.29) is 17.6 Å². The first kappa shape index (κ1) is 18.0. The lowest BCUT2D eigenvalue weighted by Gasteiger charge is -2.58. The molecule has 1 aromatic rings. The third-order valence-electron chi connectivity index (χ3n) is 4.51. The lowest BCUT2D eigenvalue weighted by atomic mass is 9.61. The van der Waals surface area contributed by atoms with Gasteiger partial charge in [-0.25, -0.2) is 14.8 Å². The van der Waals surface area contributed by atoms with Crippen molar-refractivity contribution in [3.63, 3.8) is 0 Å². The second-order valence-corrected chi connectivity index (χ2v) is 8.64. The van der Waals surface area contributed by atoms with Crippen LogP contribution in [0, 0.1) is 5.41 Å². The summed E-state index contributed by atoms with van der Waals surface area (Å²) >= 11 is 1.44. The molecule has 1 spiro atoms. The van der Waals surface area contributed by atoms with Gasteiger partial charge in [0.2, 0.25) is 0 Å². The highest BCUT2D eigenvalue weighted by molar-refractivity contribution is 7.98. The van der Waals surface area contributed by atoms with Crippen molar-refractivity contribution in [2.24, 2.45) is 5.41 Å². The number of amides is 1. The summed E-state index contributed by atoms with van der Waals surface area (Å²) in [5.41, 5.74) is 0.199. The van der Waals surface area contributed by atoms with Crippen molar-refractivity contribution in [2.75, 3.05) is 24.7 Å². The molecule has 1 saturated heterocycles. The fourth-order valence-electron chi connectivity index (χ4n) is 3.43. The number of aldehydes is 1. The molecule has 0 atom stereocenters. The number of thioether (sulfide) groups is 1. The first-order valence-electron chi connectivity index (χ1n) is 8.34. The summed E-state index contributed by atoms with van der Waals surface area (Å²) in [5, 5.41) is 3.99. The van der Waals surface area contributed by atoms with Crippen LogP contribution in [0.1, 0.15) is 44.0 Å². The molecule has 1 N–H and O–H groups in total. The summed E-state index contributed by atoms with van der Waals surface area (Å²) in [6, 6.07) is 0.268. The zero-order valence-electron chi connectivity index (χ0n) is 15.0. The number of carbonyl (C=O) groups excluding carboxylic acids is 2. The van der Waals surface area contributed by atoms with Crippen LogP contribution in [0.4, 0.5) is 10.6 Å². The first-order chi connectivity index (χ1) is 11.7. The van der Waals surface area contributed by atoms with E-state index < -0.39 is 5.60 Å². The number of ether oxygens (including phenoxy) is 1. The summed E-state index contributed by atoms with van der Waals surface area (Å²) in [4.78, 5) is 33.4. The predicted octanol–water partition coefficient (Wildman–Crippen LogP) is 2.82. The third-order valence-corrected chi connectivity index (χ3v) is 5.07. The van der Waals surface area contributed by atoms with Crippen LogP contribution >= 0.6 is 11.8 Å². The first-order valence-corrected chi connectivity index (χ1v) is 9.57. The van der Waals surface area contributed by atoms with E-state index in [1.165, 1.54) is 11.8 Å². The van der Waals surface area contributed by atoms with Crippen LogP contribution in [0.2, 0.25) is 0 Å². The highest BCUT2D eigenvalue weighted by Crippen LogP contribution is 2.49. The molecule has 1 amide bonds. The minimum atomic E-state index is -0.462. The molecule has 8 heteroatoms. The average molecular weight is 364 g/mol. The Hall–Kier alpha value is -1.83. The van der Waals surface area contributed by atoms with Crippen LogP contribution in [0.5, 0.6) is 0 Å². The van der Waals surface area contributed by atoms with Gasteiger partial charge >= 0.3 is 6.09 Å². The molecular weight excluding hydrogens is 340 g/mol. The standard InChI is InChI=1S/C17H24N4O3S/c1-16(2,3)24-15(23)21-9-17(10-21)5-12(6-17)19-13-11(8-22)7-18-14(20-13)25-4/h7-8,12H,5-6,9-10H2,1-4H3,(H,18,19,20). The number of anilines is 1. The van der Waals surface area contributed by atoms with Gasteiger partial charge in [-0.2, -0.15) is 0 Å². The number of nitrogens with zero attached hydrogens (tertiary/aromatic N) is 3. The van der Waals surface area contributed by atoms with Crippen LogP contribution in [0.15, 0.2) is 11.4 Å². The van der Waals surface area contributed by atoms with Gasteiger partial charge in [0.1, 0.15) is 11.4 Å². The zero-order chi connectivity index (χ0) is 18.2. The van der Waals surface area contributed by atoms with Crippen molar-refractivity contribution in [2.45, 2.75) is 50.4 Å². The molecule has 2 aliphatic rings. The SMILES string of the molecule is CSc1ncc(C=O)c(NC2CC3(C2)CN(C(=O)OC(C)(C)C)C3)n1. The fraction of sp³-hybridized carbons (Fsp3) is 0.647. The zero-order valence-corrected chi connectivity index (χ0v) is 15.9. The van der Waals surface area contributed by atoms with Gasteiger partial charge in [0, 0.05) is 30.7 Å². The number of rotatable bonds is 4. The van der Waals surface area contributed by atoms with E-state index in [1.54, 1.807) is 11.1 Å². The maximum absolute atomic E-state index is 12.0. The Labute approximate surface area is 151 Å². The number of likely N-dealkylation sites (tertiary alicyclic amines) is 1. The van der Waals surface area contributed by atoms with Crippen LogP contribution in [-0.4, -0.2) is 58.2 Å². The normalized spacial score (nSPS) is 19.1. The molecule has 1 aliphatic heterocycles. The molecule has 2 fully saturated rings. The van der Waals surface area contributed by atoms with Gasteiger partial charge in [0.15, 0.2) is 11.4 Å². The second-order valence-electron chi connectivity index (χ2n) is 7.86. The van der Waals surface area contributed by atoms with E-state index in [9.17, 15) is 9.59 Å². The molecule has 3 rings (SSSR count). The molecule has 1 aromatic heterocycles. The van der Waals surface area contributed by atoms with E-state index in [0.29, 0.717) is 16.5 Å². The number of nitrogens with one attached hydrogen (secondary N) is 1. The topological polar surface area (TPSA) is 84.4 Å². The maximum Gasteiger partial charge on any atom is 0.410 e. The molecule has 0 bridgehead atoms. The molecule has 0 unspecified atom stereocenters. The quantitative estimate of drug-likeness (QED) is 0.499. The lowest BCUT2D eigenvalue weighted by molar-refractivity contribution is -0.0739. The van der Waals surface area contributed by atoms with E-state index in [4.69, 9.17) is 4.74 Å². The summed E-state index contributed by atoms with van der Waals surface area (Å²) < 4.78 is 5.40. The number of aromatic nitrogens is 2. The Morgan fingerprint density at radius 1 is 1.44 bits per heavy atom. The second kappa shape index (κ2) is 6.48. The van der Waals surface area contributed by atoms with Crippen molar-refractivity contribution in [1.29, 1.82) is 0 Å². The molecule has 136 valence electrons. The molecule has 0 aromatic carbocycles. The van der Waals surface area contributed by atoms with Gasteiger partial charge in [-0.15, -0.1) is 0 Å². The van der Waals surface area contributed by atoms with Crippen molar-refractivity contribution in [1.82, 2.24) is 14.9 Å². The minimum Gasteiger partial charge on any atom is -0.444 e. The Bertz CT molecular complexity index is 675. The average Bonchev–Trinajstić information content (AvgIpc) is 2.46. The van der Waals surface area contributed by atoms with Gasteiger partial charge < -0.3 is 15.0 Å². The number of hydrogen-bond acceptors (Lipinski definition) is 7. The summed E-state index contributed by atoms with van der Waals surface area (Å²) in [6.07, 6.45) is 5.91. The largest absolute Gasteiger partial charge is 0.444 e. The van der Waals surface area contributed by atoms with Gasteiger partial charge in [0.25, 0.3) is 0 Å². The highest BCUT2D eigenvalue weighted by atomic mass is 32.2. The van der Waals surface area contributed by atoms with E-state index >= 15 is 0 Å². The monoisotopic (exact) mass is 364 g/mol. The molecule has 2 heterocycles. The fourth-order valence-corrected chi connectivity index (χ4v) is 3.77. The molecule has 25 heavy (non-hydrogen) atoms. The Morgan fingerprint density at radius 3 is 2.68 bits per heavy atom. The van der Waals surface area contributed by atoms with Crippen LogP contribution in [0.3, 0.4) is 0 Å². The van der Waals surface area contributed by atoms with Crippen molar-refractivity contribution in [3.8, 4) is 0 Å². The molecule has 1 saturated carbocycles. The number of carbonyl (C=O) groups is 2. The van der Waals surface area contributed by atoms with E-state index in [2.05, 4.69) is 15.3 Å². The van der Waals surface area contributed by atoms with Crippen molar-refractivity contribution < 1.29 is 14.3 Å². The van der Waals surface area contributed by atoms with Gasteiger partial charge in [-0.05, 0) is 39.9 Å². The molecule has 0 radical (unpaired) electrons. The Kier molecular flexibility index (Phi) is 4.66. The van der Waals surface area contributed by atoms with Crippen molar-refractivity contribution >= 4 is 30.0 Å². The number of hydrogen-bond donors (Lipinski definition) is 1. The molecular formula is C17H24N4O3S. The third kappa shape index (κ3) is 3.89. The predicted molar refractivity (Wildman–Crippen MR) is 96.1 cm³/mol. The minimum absolute atomic E-state index is 0.186. The molecule has 1 aliphatic carbocycles. The summed E-state index contributed by atoms with van der Waals surface area (Å²) in [6.45, 7) is 7.09. The van der Waals surface area contributed by atoms with Crippen LogP contribution in [-0.2, 0) is 4.74 Å². The van der Waals surface area contributed by atoms with E-state index in [0.717, 1.165) is 32.2 Å². The van der Waals surface area contributed by atoms with E-state index in [1.807, 2.05) is 27.0 Å². The summed E-state index contributed by atoms with van der Waals surface area (Å²) in [7, 11) is 0. The lowest BCUT2D eigenvalue weighted by Crippen LogP contribution is -2.66. The maximum atomic E-state index is 12.0. The highest BCUT2D eigenvalue weighted by Gasteiger charge is 2.54. The van der Waals surface area contributed by atoms with Gasteiger partial charge in [0.05, 0.1) is 5.56 Å². The molecule has 7 nitrogen and oxygen atoms in total. The van der Waals surface area contributed by atoms with Crippen molar-refractivity contribution in [3.05, 3.63) is 11.8 Å². The Morgan fingerprint density at radius 2 is 2.12 bits per heavy atom. The smallest absolute Gasteiger partial charge is 0.410 e. The summed E-state index contributed by atoms with van der Waals surface area (Å²) in [5.74, 6) is 0.595. The van der Waals surface area contributed by atoms with Crippen LogP contribution in [0.25, 0.3) is 0 Å². The van der Waals surface area contributed by atoms with Crippen LogP contribution < -0.4 is 5.32 Å². The van der Waals surface area contributed by atoms with Gasteiger partial charge in [-0.1, -0.05) is 11.8 Å². The Balaban J connectivity index is 1.51. The van der Waals surface area contributed by atoms with Gasteiger partial charge in [-0.3, -0.25) is 4.79 Å².